The van der Waals surface area contributed by atoms with Crippen molar-refractivity contribution in [3.8, 4) is 5.75 Å². The zero-order valence-electron chi connectivity index (χ0n) is 17.6. The Morgan fingerprint density at radius 2 is 1.71 bits per heavy atom. The third kappa shape index (κ3) is 5.80. The summed E-state index contributed by atoms with van der Waals surface area (Å²) in [7, 11) is 0. The second kappa shape index (κ2) is 10.8. The van der Waals surface area contributed by atoms with Gasteiger partial charge in [-0.05, 0) is 64.4 Å². The second-order valence-electron chi connectivity index (χ2n) is 7.69. The van der Waals surface area contributed by atoms with Crippen molar-refractivity contribution in [3.05, 3.63) is 77.9 Å². The largest absolute Gasteiger partial charge is 0.489 e. The summed E-state index contributed by atoms with van der Waals surface area (Å²) in [5, 5.41) is 0. The topological polar surface area (TPSA) is 29.5 Å². The normalized spacial score (nSPS) is 12.4. The molecule has 0 N–H and O–H groups in total. The van der Waals surface area contributed by atoms with Crippen LogP contribution in [0.1, 0.15) is 61.5 Å². The fourth-order valence-corrected chi connectivity index (χ4v) is 3.77. The summed E-state index contributed by atoms with van der Waals surface area (Å²) in [6.07, 6.45) is 3.60. The van der Waals surface area contributed by atoms with Crippen molar-refractivity contribution in [2.24, 2.45) is 0 Å². The number of ether oxygens (including phenoxy) is 1. The molecule has 2 rings (SSSR count). The Labute approximate surface area is 170 Å². The predicted octanol–water partition coefficient (Wildman–Crippen LogP) is 5.70. The Bertz CT molecular complexity index is 744. The first-order valence-electron chi connectivity index (χ1n) is 10.1. The summed E-state index contributed by atoms with van der Waals surface area (Å²) in [6.45, 7) is 14.1. The number of aldehydes is 1. The molecule has 0 aliphatic carbocycles. The summed E-state index contributed by atoms with van der Waals surface area (Å²) in [5.41, 5.74) is 2.97. The number of rotatable bonds is 11. The number of carbonyl (C=O) groups is 1. The van der Waals surface area contributed by atoms with Crippen molar-refractivity contribution >= 4 is 6.29 Å². The van der Waals surface area contributed by atoms with E-state index in [1.165, 1.54) is 5.56 Å². The number of carbonyl (C=O) groups excluding carboxylic acids is 1. The molecular weight excluding hydrogens is 346 g/mol. The van der Waals surface area contributed by atoms with Gasteiger partial charge in [-0.25, -0.2) is 0 Å². The van der Waals surface area contributed by atoms with Crippen LogP contribution < -0.4 is 4.74 Å². The van der Waals surface area contributed by atoms with Crippen molar-refractivity contribution in [2.75, 3.05) is 13.2 Å². The van der Waals surface area contributed by atoms with E-state index in [1.807, 2.05) is 24.3 Å². The van der Waals surface area contributed by atoms with E-state index < -0.39 is 0 Å². The third-order valence-corrected chi connectivity index (χ3v) is 5.11. The Hall–Kier alpha value is -2.39. The van der Waals surface area contributed by atoms with Crippen LogP contribution >= 0.6 is 0 Å². The van der Waals surface area contributed by atoms with Gasteiger partial charge in [-0.15, -0.1) is 0 Å². The minimum Gasteiger partial charge on any atom is -0.489 e. The molecule has 0 aliphatic rings. The van der Waals surface area contributed by atoms with Crippen LogP contribution in [0.2, 0.25) is 0 Å². The van der Waals surface area contributed by atoms with E-state index in [9.17, 15) is 4.79 Å². The Balaban J connectivity index is 2.44. The molecule has 0 saturated carbocycles. The van der Waals surface area contributed by atoms with Crippen molar-refractivity contribution in [1.82, 2.24) is 4.90 Å². The van der Waals surface area contributed by atoms with Gasteiger partial charge in [0.2, 0.25) is 0 Å². The molecule has 150 valence electrons. The maximum Gasteiger partial charge on any atom is 0.150 e. The fourth-order valence-electron chi connectivity index (χ4n) is 3.77. The minimum atomic E-state index is 0.154. The highest BCUT2D eigenvalue weighted by Gasteiger charge is 2.22. The molecule has 0 aromatic heterocycles. The molecule has 1 atom stereocenters. The van der Waals surface area contributed by atoms with E-state index in [1.54, 1.807) is 6.08 Å². The Morgan fingerprint density at radius 3 is 2.29 bits per heavy atom. The number of benzene rings is 2. The van der Waals surface area contributed by atoms with Crippen LogP contribution in [0, 0.1) is 0 Å². The lowest BCUT2D eigenvalue weighted by Gasteiger charge is -2.32. The minimum absolute atomic E-state index is 0.154. The van der Waals surface area contributed by atoms with Crippen molar-refractivity contribution in [1.29, 1.82) is 0 Å². The van der Waals surface area contributed by atoms with Crippen molar-refractivity contribution < 1.29 is 9.53 Å². The van der Waals surface area contributed by atoms with Gasteiger partial charge in [0, 0.05) is 29.1 Å². The van der Waals surface area contributed by atoms with Crippen LogP contribution in [-0.4, -0.2) is 36.4 Å². The number of nitrogens with zero attached hydrogens (tertiary/aromatic N) is 1. The molecule has 0 spiro atoms. The maximum atomic E-state index is 11.4. The summed E-state index contributed by atoms with van der Waals surface area (Å²) in [5.74, 6) is 0.973. The monoisotopic (exact) mass is 379 g/mol. The van der Waals surface area contributed by atoms with Gasteiger partial charge in [-0.3, -0.25) is 9.69 Å². The first-order chi connectivity index (χ1) is 13.5. The first-order valence-corrected chi connectivity index (χ1v) is 10.1. The van der Waals surface area contributed by atoms with Gasteiger partial charge in [0.25, 0.3) is 0 Å². The second-order valence-corrected chi connectivity index (χ2v) is 7.69. The molecule has 0 bridgehead atoms. The highest BCUT2D eigenvalue weighted by atomic mass is 16.5. The van der Waals surface area contributed by atoms with Crippen LogP contribution in [0.25, 0.3) is 0 Å². The van der Waals surface area contributed by atoms with Gasteiger partial charge in [0.1, 0.15) is 18.6 Å². The quantitative estimate of drug-likeness (QED) is 0.370. The molecule has 0 saturated heterocycles. The van der Waals surface area contributed by atoms with E-state index in [2.05, 4.69) is 63.4 Å². The zero-order valence-corrected chi connectivity index (χ0v) is 17.6. The number of hydrogen-bond donors (Lipinski definition) is 0. The van der Waals surface area contributed by atoms with Gasteiger partial charge < -0.3 is 4.74 Å². The first kappa shape index (κ1) is 21.9. The summed E-state index contributed by atoms with van der Waals surface area (Å²) in [4.78, 5) is 13.9. The fraction of sp³-hybridized carbons (Fsp3) is 0.400. The van der Waals surface area contributed by atoms with Crippen molar-refractivity contribution in [2.45, 2.75) is 52.1 Å². The lowest BCUT2D eigenvalue weighted by Crippen LogP contribution is -2.38. The van der Waals surface area contributed by atoms with Crippen LogP contribution in [0.4, 0.5) is 0 Å². The molecule has 0 fully saturated rings. The van der Waals surface area contributed by atoms with Crippen LogP contribution in [0.3, 0.4) is 0 Å². The predicted molar refractivity (Wildman–Crippen MR) is 117 cm³/mol. The molecule has 2 aromatic carbocycles. The van der Waals surface area contributed by atoms with E-state index in [0.717, 1.165) is 30.6 Å². The average molecular weight is 380 g/mol. The Kier molecular flexibility index (Phi) is 8.46. The molecule has 3 nitrogen and oxygen atoms in total. The highest BCUT2D eigenvalue weighted by Crippen LogP contribution is 2.35. The SMILES string of the molecule is C=CCOc1ccc(C=O)cc1C(CCN(C(C)C)C(C)C)c1ccccc1. The molecule has 2 aromatic rings. The van der Waals surface area contributed by atoms with Crippen LogP contribution in [0.15, 0.2) is 61.2 Å². The molecule has 0 heterocycles. The smallest absolute Gasteiger partial charge is 0.150 e. The average Bonchev–Trinajstić information content (AvgIpc) is 2.69. The van der Waals surface area contributed by atoms with Crippen LogP contribution in [0.5, 0.6) is 5.75 Å². The highest BCUT2D eigenvalue weighted by molar-refractivity contribution is 5.76. The molecule has 0 amide bonds. The van der Waals surface area contributed by atoms with Gasteiger partial charge in [0.15, 0.2) is 0 Å². The van der Waals surface area contributed by atoms with Gasteiger partial charge in [-0.2, -0.15) is 0 Å². The summed E-state index contributed by atoms with van der Waals surface area (Å²) >= 11 is 0. The standard InChI is InChI=1S/C25H33NO2/c1-6-16-28-25-13-12-21(18-27)17-24(25)23(22-10-8-7-9-11-22)14-15-26(19(2)3)20(4)5/h6-13,17-20,23H,1,14-16H2,2-5H3. The van der Waals surface area contributed by atoms with Gasteiger partial charge in [-0.1, -0.05) is 43.0 Å². The van der Waals surface area contributed by atoms with E-state index in [4.69, 9.17) is 4.74 Å². The molecule has 0 aliphatic heterocycles. The van der Waals surface area contributed by atoms with Gasteiger partial charge >= 0.3 is 0 Å². The summed E-state index contributed by atoms with van der Waals surface area (Å²) < 4.78 is 5.94. The van der Waals surface area contributed by atoms with E-state index >= 15 is 0 Å². The molecule has 1 unspecified atom stereocenters. The van der Waals surface area contributed by atoms with E-state index in [-0.39, 0.29) is 5.92 Å². The third-order valence-electron chi connectivity index (χ3n) is 5.11. The molecule has 28 heavy (non-hydrogen) atoms. The maximum absolute atomic E-state index is 11.4. The van der Waals surface area contributed by atoms with E-state index in [0.29, 0.717) is 24.3 Å². The number of hydrogen-bond acceptors (Lipinski definition) is 3. The van der Waals surface area contributed by atoms with Crippen molar-refractivity contribution in [3.63, 3.8) is 0 Å². The zero-order chi connectivity index (χ0) is 20.5. The van der Waals surface area contributed by atoms with Crippen LogP contribution in [-0.2, 0) is 0 Å². The van der Waals surface area contributed by atoms with Gasteiger partial charge in [0.05, 0.1) is 0 Å². The molecule has 3 heteroatoms. The Morgan fingerprint density at radius 1 is 1.04 bits per heavy atom. The molecular formula is C25H33NO2. The lowest BCUT2D eigenvalue weighted by atomic mass is 9.86. The molecule has 0 radical (unpaired) electrons. The lowest BCUT2D eigenvalue weighted by molar-refractivity contribution is 0.112. The summed E-state index contributed by atoms with van der Waals surface area (Å²) in [6, 6.07) is 17.1.